The highest BCUT2D eigenvalue weighted by Crippen LogP contribution is 2.30. The van der Waals surface area contributed by atoms with Gasteiger partial charge in [-0.25, -0.2) is 13.6 Å². The third-order valence-corrected chi connectivity index (χ3v) is 5.29. The topological polar surface area (TPSA) is 65.1 Å². The van der Waals surface area contributed by atoms with Crippen LogP contribution in [0, 0.1) is 6.92 Å². The first-order chi connectivity index (χ1) is 11.9. The molecule has 0 fully saturated rings. The van der Waals surface area contributed by atoms with Crippen LogP contribution in [0.25, 0.3) is 16.9 Å². The van der Waals surface area contributed by atoms with Crippen LogP contribution in [-0.2, 0) is 16.4 Å². The van der Waals surface area contributed by atoms with Crippen molar-refractivity contribution in [2.45, 2.75) is 31.6 Å². The molecule has 4 nitrogen and oxygen atoms in total. The summed E-state index contributed by atoms with van der Waals surface area (Å²) in [5, 5.41) is 5.21. The molecule has 2 aromatic carbocycles. The maximum atomic E-state index is 11.5. The van der Waals surface area contributed by atoms with Crippen molar-refractivity contribution in [3.05, 3.63) is 71.9 Å². The molecule has 130 valence electrons. The van der Waals surface area contributed by atoms with Gasteiger partial charge in [0, 0.05) is 11.4 Å². The summed E-state index contributed by atoms with van der Waals surface area (Å²) in [6.45, 7) is 4.27. The van der Waals surface area contributed by atoms with Gasteiger partial charge in [-0.05, 0) is 54.8 Å². The lowest BCUT2D eigenvalue weighted by molar-refractivity contribution is 0.598. The van der Waals surface area contributed by atoms with Gasteiger partial charge in [-0.3, -0.25) is 0 Å². The van der Waals surface area contributed by atoms with E-state index in [0.717, 1.165) is 29.8 Å². The SMILES string of the molecule is CCCc1cc(-c2ccccc2)n(-c2ccc(S(N)(=O)=O)cc2)c1C. The average molecular weight is 354 g/mol. The lowest BCUT2D eigenvalue weighted by Crippen LogP contribution is -2.12. The van der Waals surface area contributed by atoms with Crippen molar-refractivity contribution in [1.82, 2.24) is 4.57 Å². The maximum absolute atomic E-state index is 11.5. The van der Waals surface area contributed by atoms with Gasteiger partial charge in [-0.1, -0.05) is 43.7 Å². The molecule has 5 heteroatoms. The Morgan fingerprint density at radius 2 is 1.64 bits per heavy atom. The molecule has 0 aliphatic carbocycles. The molecule has 0 bridgehead atoms. The van der Waals surface area contributed by atoms with Gasteiger partial charge < -0.3 is 4.57 Å². The van der Waals surface area contributed by atoms with Gasteiger partial charge in [0.05, 0.1) is 10.6 Å². The molecule has 0 spiro atoms. The molecule has 0 saturated carbocycles. The molecular weight excluding hydrogens is 332 g/mol. The predicted molar refractivity (Wildman–Crippen MR) is 101 cm³/mol. The highest BCUT2D eigenvalue weighted by molar-refractivity contribution is 7.89. The summed E-state index contributed by atoms with van der Waals surface area (Å²) in [7, 11) is -3.69. The smallest absolute Gasteiger partial charge is 0.238 e. The molecule has 2 N–H and O–H groups in total. The molecule has 0 saturated heterocycles. The normalized spacial score (nSPS) is 11.6. The molecule has 1 heterocycles. The van der Waals surface area contributed by atoms with Gasteiger partial charge in [0.1, 0.15) is 0 Å². The van der Waals surface area contributed by atoms with Crippen LogP contribution >= 0.6 is 0 Å². The Labute approximate surface area is 149 Å². The Morgan fingerprint density at radius 1 is 1.00 bits per heavy atom. The Balaban J connectivity index is 2.17. The fourth-order valence-corrected chi connectivity index (χ4v) is 3.64. The fraction of sp³-hybridized carbons (Fsp3) is 0.200. The number of benzene rings is 2. The summed E-state index contributed by atoms with van der Waals surface area (Å²) in [5.74, 6) is 0. The van der Waals surface area contributed by atoms with Crippen molar-refractivity contribution < 1.29 is 8.42 Å². The summed E-state index contributed by atoms with van der Waals surface area (Å²) >= 11 is 0. The number of aromatic nitrogens is 1. The van der Waals surface area contributed by atoms with Crippen molar-refractivity contribution in [1.29, 1.82) is 0 Å². The fourth-order valence-electron chi connectivity index (χ4n) is 3.12. The lowest BCUT2D eigenvalue weighted by Gasteiger charge is -2.13. The molecule has 3 aromatic rings. The number of aryl methyl sites for hydroxylation is 1. The highest BCUT2D eigenvalue weighted by Gasteiger charge is 2.15. The van der Waals surface area contributed by atoms with E-state index in [1.807, 2.05) is 18.2 Å². The largest absolute Gasteiger partial charge is 0.314 e. The average Bonchev–Trinajstić information content (AvgIpc) is 2.92. The molecule has 0 radical (unpaired) electrons. The minimum atomic E-state index is -3.69. The van der Waals surface area contributed by atoms with E-state index < -0.39 is 10.0 Å². The van der Waals surface area contributed by atoms with Crippen LogP contribution in [0.1, 0.15) is 24.6 Å². The van der Waals surface area contributed by atoms with Crippen LogP contribution in [0.4, 0.5) is 0 Å². The molecular formula is C20H22N2O2S. The minimum absolute atomic E-state index is 0.121. The molecule has 0 aliphatic rings. The van der Waals surface area contributed by atoms with Gasteiger partial charge in [-0.2, -0.15) is 0 Å². The van der Waals surface area contributed by atoms with Crippen LogP contribution in [0.5, 0.6) is 0 Å². The monoisotopic (exact) mass is 354 g/mol. The number of sulfonamides is 1. The van der Waals surface area contributed by atoms with Gasteiger partial charge in [0.25, 0.3) is 0 Å². The zero-order valence-corrected chi connectivity index (χ0v) is 15.3. The van der Waals surface area contributed by atoms with Crippen molar-refractivity contribution in [3.8, 4) is 16.9 Å². The summed E-state index contributed by atoms with van der Waals surface area (Å²) < 4.78 is 25.2. The van der Waals surface area contributed by atoms with Gasteiger partial charge in [-0.15, -0.1) is 0 Å². The molecule has 25 heavy (non-hydrogen) atoms. The van der Waals surface area contributed by atoms with Crippen LogP contribution in [0.15, 0.2) is 65.6 Å². The first-order valence-corrected chi connectivity index (χ1v) is 9.86. The van der Waals surface area contributed by atoms with Crippen LogP contribution in [0.3, 0.4) is 0 Å². The van der Waals surface area contributed by atoms with E-state index in [-0.39, 0.29) is 4.90 Å². The highest BCUT2D eigenvalue weighted by atomic mass is 32.2. The van der Waals surface area contributed by atoms with Crippen LogP contribution in [-0.4, -0.2) is 13.0 Å². The van der Waals surface area contributed by atoms with E-state index in [9.17, 15) is 8.42 Å². The standard InChI is InChI=1S/C20H22N2O2S/c1-3-7-17-14-20(16-8-5-4-6-9-16)22(15(17)2)18-10-12-19(13-11-18)25(21,23)24/h4-6,8-14H,3,7H2,1-2H3,(H2,21,23,24). The van der Waals surface area contributed by atoms with E-state index in [2.05, 4.69) is 36.6 Å². The molecule has 0 aliphatic heterocycles. The Bertz CT molecular complexity index is 973. The maximum Gasteiger partial charge on any atom is 0.238 e. The summed E-state index contributed by atoms with van der Waals surface area (Å²) in [6, 6.07) is 19.1. The number of hydrogen-bond donors (Lipinski definition) is 1. The van der Waals surface area contributed by atoms with E-state index in [0.29, 0.717) is 0 Å². The van der Waals surface area contributed by atoms with E-state index in [4.69, 9.17) is 5.14 Å². The minimum Gasteiger partial charge on any atom is -0.314 e. The quantitative estimate of drug-likeness (QED) is 0.751. The number of rotatable bonds is 5. The van der Waals surface area contributed by atoms with Gasteiger partial charge >= 0.3 is 0 Å². The number of nitrogens with two attached hydrogens (primary N) is 1. The van der Waals surface area contributed by atoms with Crippen molar-refractivity contribution in [2.24, 2.45) is 5.14 Å². The second-order valence-electron chi connectivity index (χ2n) is 6.13. The molecule has 0 unspecified atom stereocenters. The van der Waals surface area contributed by atoms with Crippen molar-refractivity contribution in [3.63, 3.8) is 0 Å². The molecule has 3 rings (SSSR count). The zero-order valence-electron chi connectivity index (χ0n) is 14.4. The third kappa shape index (κ3) is 3.52. The van der Waals surface area contributed by atoms with E-state index >= 15 is 0 Å². The molecule has 0 amide bonds. The van der Waals surface area contributed by atoms with Crippen molar-refractivity contribution in [2.75, 3.05) is 0 Å². The summed E-state index contributed by atoms with van der Waals surface area (Å²) in [6.07, 6.45) is 2.08. The number of hydrogen-bond acceptors (Lipinski definition) is 2. The Morgan fingerprint density at radius 3 is 2.20 bits per heavy atom. The summed E-state index contributed by atoms with van der Waals surface area (Å²) in [5.41, 5.74) is 5.63. The second-order valence-corrected chi connectivity index (χ2v) is 7.69. The molecule has 1 aromatic heterocycles. The zero-order chi connectivity index (χ0) is 18.0. The third-order valence-electron chi connectivity index (χ3n) is 4.36. The first kappa shape index (κ1) is 17.5. The Hall–Kier alpha value is -2.37. The van der Waals surface area contributed by atoms with E-state index in [1.54, 1.807) is 24.3 Å². The van der Waals surface area contributed by atoms with Crippen LogP contribution < -0.4 is 5.14 Å². The van der Waals surface area contributed by atoms with Gasteiger partial charge in [0.2, 0.25) is 10.0 Å². The van der Waals surface area contributed by atoms with Gasteiger partial charge in [0.15, 0.2) is 0 Å². The lowest BCUT2D eigenvalue weighted by atomic mass is 10.1. The van der Waals surface area contributed by atoms with E-state index in [1.165, 1.54) is 11.3 Å². The predicted octanol–water partition coefficient (Wildman–Crippen LogP) is 4.05. The molecule has 0 atom stereocenters. The first-order valence-electron chi connectivity index (χ1n) is 8.31. The van der Waals surface area contributed by atoms with Crippen molar-refractivity contribution >= 4 is 10.0 Å². The summed E-state index contributed by atoms with van der Waals surface area (Å²) in [4.78, 5) is 0.121. The Kier molecular flexibility index (Phi) is 4.79. The number of nitrogens with zero attached hydrogens (tertiary/aromatic N) is 1. The second kappa shape index (κ2) is 6.86. The number of primary sulfonamides is 1. The van der Waals surface area contributed by atoms with Crippen LogP contribution in [0.2, 0.25) is 0 Å².